The van der Waals surface area contributed by atoms with Crippen LogP contribution in [0, 0.1) is 13.8 Å². The summed E-state index contributed by atoms with van der Waals surface area (Å²) in [6.07, 6.45) is 0.383. The van der Waals surface area contributed by atoms with Crippen molar-refractivity contribution in [3.8, 4) is 11.4 Å². The number of halogens is 1. The first-order valence-electron chi connectivity index (χ1n) is 8.49. The van der Waals surface area contributed by atoms with E-state index >= 15 is 0 Å². The Morgan fingerprint density at radius 2 is 1.88 bits per heavy atom. The van der Waals surface area contributed by atoms with Crippen LogP contribution < -0.4 is 4.90 Å². The molecular weight excluding hydrogens is 394 g/mol. The van der Waals surface area contributed by atoms with E-state index in [-0.39, 0.29) is 11.8 Å². The van der Waals surface area contributed by atoms with E-state index in [1.54, 1.807) is 0 Å². The van der Waals surface area contributed by atoms with E-state index in [1.165, 1.54) is 0 Å². The van der Waals surface area contributed by atoms with Crippen LogP contribution in [0.4, 0.5) is 5.69 Å². The van der Waals surface area contributed by atoms with Gasteiger partial charge in [-0.05, 0) is 37.1 Å². The lowest BCUT2D eigenvalue weighted by Crippen LogP contribution is -2.26. The zero-order valence-electron chi connectivity index (χ0n) is 14.6. The van der Waals surface area contributed by atoms with E-state index < -0.39 is 0 Å². The number of aryl methyl sites for hydroxylation is 2. The minimum absolute atomic E-state index is 0.0880. The molecule has 0 spiro atoms. The van der Waals surface area contributed by atoms with Gasteiger partial charge in [0.1, 0.15) is 0 Å². The van der Waals surface area contributed by atoms with Gasteiger partial charge in [0.2, 0.25) is 17.6 Å². The molecule has 0 N–H and O–H groups in total. The van der Waals surface area contributed by atoms with Crippen LogP contribution in [0.15, 0.2) is 51.5 Å². The van der Waals surface area contributed by atoms with Crippen LogP contribution in [-0.2, 0) is 4.79 Å². The third-order valence-electron chi connectivity index (χ3n) is 4.71. The molecule has 4 rings (SSSR count). The number of para-hydroxylation sites is 1. The molecule has 0 radical (unpaired) electrons. The molecule has 5 nitrogen and oxygen atoms in total. The summed E-state index contributed by atoms with van der Waals surface area (Å²) in [4.78, 5) is 19.0. The fraction of sp³-hybridized carbons (Fsp3) is 0.250. The summed E-state index contributed by atoms with van der Waals surface area (Å²) < 4.78 is 6.44. The van der Waals surface area contributed by atoms with Crippen LogP contribution >= 0.6 is 15.9 Å². The van der Waals surface area contributed by atoms with Gasteiger partial charge in [0.05, 0.1) is 5.92 Å². The van der Waals surface area contributed by atoms with Gasteiger partial charge in [-0.3, -0.25) is 4.79 Å². The van der Waals surface area contributed by atoms with Crippen LogP contribution in [0.2, 0.25) is 0 Å². The Hall–Kier alpha value is -2.47. The third-order valence-corrected chi connectivity index (χ3v) is 5.20. The maximum Gasteiger partial charge on any atom is 0.232 e. The summed E-state index contributed by atoms with van der Waals surface area (Å²) >= 11 is 3.45. The van der Waals surface area contributed by atoms with Crippen molar-refractivity contribution in [3.05, 3.63) is 64.0 Å². The average molecular weight is 412 g/mol. The van der Waals surface area contributed by atoms with Crippen LogP contribution in [0.3, 0.4) is 0 Å². The maximum absolute atomic E-state index is 12.6. The van der Waals surface area contributed by atoms with E-state index in [0.717, 1.165) is 26.9 Å². The number of rotatable bonds is 3. The van der Waals surface area contributed by atoms with Crippen molar-refractivity contribution in [2.24, 2.45) is 0 Å². The Labute approximate surface area is 160 Å². The number of anilines is 1. The normalized spacial score (nSPS) is 17.1. The van der Waals surface area contributed by atoms with Crippen LogP contribution in [0.5, 0.6) is 0 Å². The number of carbonyl (C=O) groups is 1. The van der Waals surface area contributed by atoms with Crippen molar-refractivity contribution < 1.29 is 9.32 Å². The maximum atomic E-state index is 12.6. The molecule has 3 aromatic rings. The first-order chi connectivity index (χ1) is 12.5. The SMILES string of the molecule is Cc1cccc(C)c1N1CC(c2nc(-c3cccc(Br)c3)no2)CC1=O. The fourth-order valence-electron chi connectivity index (χ4n) is 3.47. The molecular formula is C20H18BrN3O2. The number of hydrogen-bond acceptors (Lipinski definition) is 4. The van der Waals surface area contributed by atoms with Crippen molar-refractivity contribution in [3.63, 3.8) is 0 Å². The highest BCUT2D eigenvalue weighted by Gasteiger charge is 2.36. The van der Waals surface area contributed by atoms with Gasteiger partial charge in [-0.25, -0.2) is 0 Å². The van der Waals surface area contributed by atoms with Gasteiger partial charge in [-0.2, -0.15) is 4.98 Å². The molecule has 2 heterocycles. The van der Waals surface area contributed by atoms with E-state index in [2.05, 4.69) is 26.1 Å². The highest BCUT2D eigenvalue weighted by atomic mass is 79.9. The summed E-state index contributed by atoms with van der Waals surface area (Å²) in [6.45, 7) is 4.62. The fourth-order valence-corrected chi connectivity index (χ4v) is 3.87. The number of nitrogens with zero attached hydrogens (tertiary/aromatic N) is 3. The van der Waals surface area contributed by atoms with Crippen molar-refractivity contribution in [2.75, 3.05) is 11.4 Å². The Bertz CT molecular complexity index is 962. The summed E-state index contributed by atoms with van der Waals surface area (Å²) in [7, 11) is 0. The number of amides is 1. The van der Waals surface area contributed by atoms with Crippen LogP contribution in [0.1, 0.15) is 29.4 Å². The molecule has 6 heteroatoms. The Balaban J connectivity index is 1.60. The number of benzene rings is 2. The monoisotopic (exact) mass is 411 g/mol. The molecule has 0 saturated carbocycles. The van der Waals surface area contributed by atoms with Gasteiger partial charge < -0.3 is 9.42 Å². The standard InChI is InChI=1S/C20H18BrN3O2/c1-12-5-3-6-13(2)18(12)24-11-15(10-17(24)25)20-22-19(23-26-20)14-7-4-8-16(21)9-14/h3-9,15H,10-11H2,1-2H3. The molecule has 1 aliphatic rings. The molecule has 1 aliphatic heterocycles. The second-order valence-corrected chi connectivity index (χ2v) is 7.53. The molecule has 2 aromatic carbocycles. The van der Waals surface area contributed by atoms with Crippen molar-refractivity contribution >= 4 is 27.5 Å². The lowest BCUT2D eigenvalue weighted by atomic mass is 10.1. The first kappa shape index (κ1) is 17.0. The average Bonchev–Trinajstić information content (AvgIpc) is 3.22. The van der Waals surface area contributed by atoms with Crippen molar-refractivity contribution in [2.45, 2.75) is 26.2 Å². The summed E-state index contributed by atoms with van der Waals surface area (Å²) in [5, 5.41) is 4.09. The Morgan fingerprint density at radius 1 is 1.15 bits per heavy atom. The van der Waals surface area contributed by atoms with Gasteiger partial charge in [0, 0.05) is 28.7 Å². The van der Waals surface area contributed by atoms with E-state index in [1.807, 2.05) is 61.2 Å². The minimum atomic E-state index is -0.0880. The molecule has 1 amide bonds. The smallest absolute Gasteiger partial charge is 0.232 e. The zero-order valence-corrected chi connectivity index (χ0v) is 16.2. The molecule has 1 saturated heterocycles. The highest BCUT2D eigenvalue weighted by molar-refractivity contribution is 9.10. The summed E-state index contributed by atoms with van der Waals surface area (Å²) in [6, 6.07) is 13.8. The quantitative estimate of drug-likeness (QED) is 0.629. The first-order valence-corrected chi connectivity index (χ1v) is 9.28. The topological polar surface area (TPSA) is 59.2 Å². The highest BCUT2D eigenvalue weighted by Crippen LogP contribution is 2.35. The summed E-state index contributed by atoms with van der Waals surface area (Å²) in [5.74, 6) is 1.06. The Kier molecular flexibility index (Phi) is 4.36. The van der Waals surface area contributed by atoms with Crippen LogP contribution in [0.25, 0.3) is 11.4 Å². The zero-order chi connectivity index (χ0) is 18.3. The molecule has 1 aromatic heterocycles. The second-order valence-electron chi connectivity index (χ2n) is 6.61. The van der Waals surface area contributed by atoms with Gasteiger partial charge in [0.25, 0.3) is 0 Å². The predicted molar refractivity (Wildman–Crippen MR) is 103 cm³/mol. The second kappa shape index (κ2) is 6.68. The number of aromatic nitrogens is 2. The molecule has 1 unspecified atom stereocenters. The number of hydrogen-bond donors (Lipinski definition) is 0. The van der Waals surface area contributed by atoms with Crippen molar-refractivity contribution in [1.29, 1.82) is 0 Å². The molecule has 26 heavy (non-hydrogen) atoms. The van der Waals surface area contributed by atoms with E-state index in [0.29, 0.717) is 24.7 Å². The third kappa shape index (κ3) is 3.05. The largest absolute Gasteiger partial charge is 0.339 e. The predicted octanol–water partition coefficient (Wildman–Crippen LogP) is 4.64. The van der Waals surface area contributed by atoms with E-state index in [4.69, 9.17) is 4.52 Å². The van der Waals surface area contributed by atoms with Gasteiger partial charge in [-0.1, -0.05) is 51.4 Å². The molecule has 1 fully saturated rings. The Morgan fingerprint density at radius 3 is 2.62 bits per heavy atom. The molecule has 0 aliphatic carbocycles. The van der Waals surface area contributed by atoms with Gasteiger partial charge >= 0.3 is 0 Å². The van der Waals surface area contributed by atoms with Gasteiger partial charge in [0.15, 0.2) is 0 Å². The molecule has 1 atom stereocenters. The lowest BCUT2D eigenvalue weighted by Gasteiger charge is -2.21. The lowest BCUT2D eigenvalue weighted by molar-refractivity contribution is -0.117. The number of carbonyl (C=O) groups excluding carboxylic acids is 1. The summed E-state index contributed by atoms with van der Waals surface area (Å²) in [5.41, 5.74) is 4.07. The van der Waals surface area contributed by atoms with Gasteiger partial charge in [-0.15, -0.1) is 0 Å². The minimum Gasteiger partial charge on any atom is -0.339 e. The van der Waals surface area contributed by atoms with Crippen molar-refractivity contribution in [1.82, 2.24) is 10.1 Å². The van der Waals surface area contributed by atoms with E-state index in [9.17, 15) is 4.79 Å². The van der Waals surface area contributed by atoms with Crippen LogP contribution in [-0.4, -0.2) is 22.6 Å². The molecule has 0 bridgehead atoms. The molecule has 132 valence electrons.